The van der Waals surface area contributed by atoms with Crippen LogP contribution in [0.4, 0.5) is 13.2 Å². The number of hydrogen-bond acceptors (Lipinski definition) is 7. The Bertz CT molecular complexity index is 1650. The average molecular weight is 648 g/mol. The number of nitrogens with zero attached hydrogens (tertiary/aromatic N) is 3. The van der Waals surface area contributed by atoms with Crippen molar-refractivity contribution in [3.8, 4) is 0 Å². The van der Waals surface area contributed by atoms with Gasteiger partial charge in [0.05, 0.1) is 54.1 Å². The largest absolute Gasteiger partial charge is 0.482 e. The van der Waals surface area contributed by atoms with Gasteiger partial charge in [-0.3, -0.25) is 14.6 Å². The third-order valence-electron chi connectivity index (χ3n) is 10.1. The van der Waals surface area contributed by atoms with Crippen LogP contribution in [0.1, 0.15) is 42.4 Å². The zero-order valence-electron chi connectivity index (χ0n) is 26.5. The Balaban J connectivity index is 1.39. The van der Waals surface area contributed by atoms with Crippen LogP contribution in [0.2, 0.25) is 0 Å². The highest BCUT2D eigenvalue weighted by Crippen LogP contribution is 2.59. The van der Waals surface area contributed by atoms with Gasteiger partial charge in [-0.1, -0.05) is 42.5 Å². The number of dihydropyridines is 1. The molecule has 0 aromatic heterocycles. The normalized spacial score (nSPS) is 22.3. The third-order valence-corrected chi connectivity index (χ3v) is 10.1. The summed E-state index contributed by atoms with van der Waals surface area (Å²) in [6.07, 6.45) is 2.58. The number of fused-ring (bicyclic) bond motifs is 1. The Kier molecular flexibility index (Phi) is 8.40. The zero-order valence-corrected chi connectivity index (χ0v) is 26.5. The van der Waals surface area contributed by atoms with Crippen LogP contribution in [0.3, 0.4) is 0 Å². The van der Waals surface area contributed by atoms with E-state index in [2.05, 4.69) is 32.1 Å². The highest BCUT2D eigenvalue weighted by atomic mass is 19.4. The summed E-state index contributed by atoms with van der Waals surface area (Å²) in [7, 11) is 1.54. The first kappa shape index (κ1) is 31.5. The molecular formula is C36H40F3N5O3. The first-order valence-electron chi connectivity index (χ1n) is 16.3. The number of ether oxygens (including phenoxy) is 2. The summed E-state index contributed by atoms with van der Waals surface area (Å²) in [5.41, 5.74) is 9.01. The molecule has 1 saturated carbocycles. The second kappa shape index (κ2) is 12.5. The number of halogens is 3. The van der Waals surface area contributed by atoms with Crippen LogP contribution in [0, 0.1) is 0 Å². The summed E-state index contributed by atoms with van der Waals surface area (Å²) < 4.78 is 53.7. The van der Waals surface area contributed by atoms with Crippen molar-refractivity contribution in [2.45, 2.75) is 43.4 Å². The Hall–Kier alpha value is -4.06. The number of alkyl halides is 3. The molecule has 2 aromatic rings. The van der Waals surface area contributed by atoms with Crippen LogP contribution in [-0.4, -0.2) is 79.7 Å². The van der Waals surface area contributed by atoms with Gasteiger partial charge in [-0.25, -0.2) is 0 Å². The molecule has 1 aliphatic carbocycles. The first-order chi connectivity index (χ1) is 22.7. The molecule has 11 heteroatoms. The van der Waals surface area contributed by atoms with E-state index in [0.29, 0.717) is 46.7 Å². The second-order valence-electron chi connectivity index (χ2n) is 12.8. The van der Waals surface area contributed by atoms with Crippen LogP contribution >= 0.6 is 0 Å². The number of carbonyl (C=O) groups excluding carboxylic acids is 1. The maximum absolute atomic E-state index is 14.2. The molecule has 0 atom stereocenters. The Morgan fingerprint density at radius 3 is 2.38 bits per heavy atom. The van der Waals surface area contributed by atoms with Gasteiger partial charge >= 0.3 is 6.18 Å². The number of nitrogens with one attached hydrogen (secondary N) is 1. The molecule has 0 unspecified atom stereocenters. The third kappa shape index (κ3) is 5.96. The molecule has 1 amide bonds. The summed E-state index contributed by atoms with van der Waals surface area (Å²) >= 11 is 0. The maximum Gasteiger partial charge on any atom is 0.416 e. The smallest absolute Gasteiger partial charge is 0.416 e. The minimum atomic E-state index is -4.54. The predicted molar refractivity (Wildman–Crippen MR) is 172 cm³/mol. The molecule has 7 rings (SSSR count). The van der Waals surface area contributed by atoms with Crippen molar-refractivity contribution in [2.75, 3.05) is 53.0 Å². The van der Waals surface area contributed by atoms with Gasteiger partial charge in [-0.15, -0.1) is 0 Å². The number of allylic oxidation sites excluding steroid dienone is 2. The molecule has 3 fully saturated rings. The number of amides is 1. The SMILES string of the molecule is COC1=CC=C2C(=C(C(N)=O)C(CN3CCC(N4CCOCC4)CC3)=C(c3cccc(C(F)(F)F)c3)N2C2(c3ccccc3)CC2)N1. The van der Waals surface area contributed by atoms with E-state index in [1.54, 1.807) is 19.3 Å². The minimum Gasteiger partial charge on any atom is -0.482 e. The van der Waals surface area contributed by atoms with Gasteiger partial charge in [-0.2, -0.15) is 13.2 Å². The zero-order chi connectivity index (χ0) is 32.8. The summed E-state index contributed by atoms with van der Waals surface area (Å²) in [6.45, 7) is 5.23. The average Bonchev–Trinajstić information content (AvgIpc) is 3.90. The van der Waals surface area contributed by atoms with Crippen LogP contribution in [0.25, 0.3) is 5.70 Å². The fourth-order valence-corrected chi connectivity index (χ4v) is 7.62. The molecule has 8 nitrogen and oxygen atoms in total. The van der Waals surface area contributed by atoms with Gasteiger partial charge in [-0.05, 0) is 68.1 Å². The van der Waals surface area contributed by atoms with Gasteiger partial charge in [0.2, 0.25) is 0 Å². The minimum absolute atomic E-state index is 0.265. The lowest BCUT2D eigenvalue weighted by atomic mass is 9.86. The molecule has 248 valence electrons. The first-order valence-corrected chi connectivity index (χ1v) is 16.3. The monoisotopic (exact) mass is 647 g/mol. The van der Waals surface area contributed by atoms with Gasteiger partial charge in [0, 0.05) is 37.3 Å². The standard InChI is InChI=1S/C36H40F3N5O3/c1-46-30-11-10-29-32(41-30)31(34(40)45)28(23-42-16-12-27(13-17-42)43-18-20-47-21-19-43)33(24-6-5-9-26(22-24)36(37,38)39)44(29)35(14-15-35)25-7-3-2-4-8-25/h2-11,22,27,41H,12-21,23H2,1H3,(H2,40,45). The highest BCUT2D eigenvalue weighted by Gasteiger charge is 2.55. The fourth-order valence-electron chi connectivity index (χ4n) is 7.62. The molecule has 3 N–H and O–H groups in total. The maximum atomic E-state index is 14.2. The number of hydrogen-bond donors (Lipinski definition) is 2. The number of likely N-dealkylation sites (tertiary alicyclic amines) is 1. The van der Waals surface area contributed by atoms with Crippen molar-refractivity contribution in [3.05, 3.63) is 112 Å². The number of methoxy groups -OCH3 is 1. The van der Waals surface area contributed by atoms with E-state index in [4.69, 9.17) is 15.2 Å². The molecule has 2 aromatic carbocycles. The molecule has 0 radical (unpaired) electrons. The number of carbonyl (C=O) groups is 1. The number of morpholine rings is 1. The van der Waals surface area contributed by atoms with Crippen molar-refractivity contribution >= 4 is 11.6 Å². The number of piperidine rings is 1. The van der Waals surface area contributed by atoms with Gasteiger partial charge < -0.3 is 25.4 Å². The molecule has 0 bridgehead atoms. The van der Waals surface area contributed by atoms with Crippen LogP contribution in [0.15, 0.2) is 95.2 Å². The molecule has 47 heavy (non-hydrogen) atoms. The van der Waals surface area contributed by atoms with Crippen molar-refractivity contribution < 1.29 is 27.4 Å². The lowest BCUT2D eigenvalue weighted by molar-refractivity contribution is -0.137. The van der Waals surface area contributed by atoms with Crippen molar-refractivity contribution in [1.82, 2.24) is 20.0 Å². The van der Waals surface area contributed by atoms with Crippen molar-refractivity contribution in [2.24, 2.45) is 5.73 Å². The van der Waals surface area contributed by atoms with Crippen molar-refractivity contribution in [3.63, 3.8) is 0 Å². The lowest BCUT2D eigenvalue weighted by Gasteiger charge is -2.46. The Morgan fingerprint density at radius 1 is 1.02 bits per heavy atom. The highest BCUT2D eigenvalue weighted by molar-refractivity contribution is 6.02. The van der Waals surface area contributed by atoms with E-state index in [1.165, 1.54) is 12.1 Å². The molecule has 0 spiro atoms. The second-order valence-corrected chi connectivity index (χ2v) is 12.8. The number of nitrogens with two attached hydrogens (primary N) is 1. The molecular weight excluding hydrogens is 607 g/mol. The fraction of sp³-hybridized carbons (Fsp3) is 0.417. The van der Waals surface area contributed by atoms with E-state index in [0.717, 1.165) is 76.7 Å². The van der Waals surface area contributed by atoms with Crippen molar-refractivity contribution in [1.29, 1.82) is 0 Å². The number of rotatable bonds is 8. The summed E-state index contributed by atoms with van der Waals surface area (Å²) in [5.74, 6) is -0.206. The Labute approximate surface area is 273 Å². The van der Waals surface area contributed by atoms with E-state index < -0.39 is 23.2 Å². The van der Waals surface area contributed by atoms with Crippen LogP contribution < -0.4 is 11.1 Å². The quantitative estimate of drug-likeness (QED) is 0.421. The summed E-state index contributed by atoms with van der Waals surface area (Å²) in [4.78, 5) is 20.5. The molecule has 4 aliphatic heterocycles. The Morgan fingerprint density at radius 2 is 1.74 bits per heavy atom. The van der Waals surface area contributed by atoms with E-state index >= 15 is 0 Å². The molecule has 2 saturated heterocycles. The van der Waals surface area contributed by atoms with Crippen LogP contribution in [0.5, 0.6) is 0 Å². The van der Waals surface area contributed by atoms with Gasteiger partial charge in [0.1, 0.15) is 0 Å². The topological polar surface area (TPSA) is 83.3 Å². The van der Waals surface area contributed by atoms with Gasteiger partial charge in [0.25, 0.3) is 5.91 Å². The van der Waals surface area contributed by atoms with E-state index in [-0.39, 0.29) is 5.57 Å². The van der Waals surface area contributed by atoms with E-state index in [9.17, 15) is 18.0 Å². The lowest BCUT2D eigenvalue weighted by Crippen LogP contribution is -2.50. The molecule has 4 heterocycles. The van der Waals surface area contributed by atoms with Crippen LogP contribution in [-0.2, 0) is 26.0 Å². The van der Waals surface area contributed by atoms with E-state index in [1.807, 2.05) is 24.3 Å². The molecule has 5 aliphatic rings. The number of benzene rings is 2. The number of primary amides is 1. The predicted octanol–water partition coefficient (Wildman–Crippen LogP) is 4.93. The van der Waals surface area contributed by atoms with Gasteiger partial charge in [0.15, 0.2) is 5.88 Å². The summed E-state index contributed by atoms with van der Waals surface area (Å²) in [5, 5.41) is 3.30. The summed E-state index contributed by atoms with van der Waals surface area (Å²) in [6, 6.07) is 15.9.